The van der Waals surface area contributed by atoms with Crippen LogP contribution in [0, 0.1) is 0 Å². The number of alkyl halides is 1. The summed E-state index contributed by atoms with van der Waals surface area (Å²) in [4.78, 5) is 15.2. The van der Waals surface area contributed by atoms with Crippen molar-refractivity contribution >= 4 is 25.1 Å². The lowest BCUT2D eigenvalue weighted by molar-refractivity contribution is -0.138. The highest BCUT2D eigenvalue weighted by atomic mass is 31.2. The third-order valence-electron chi connectivity index (χ3n) is 5.69. The van der Waals surface area contributed by atoms with Crippen molar-refractivity contribution in [3.8, 4) is 5.75 Å². The quantitative estimate of drug-likeness (QED) is 0.311. The molecule has 1 aliphatic heterocycles. The number of halogens is 1. The van der Waals surface area contributed by atoms with E-state index in [9.17, 15) is 19.6 Å². The van der Waals surface area contributed by atoms with E-state index in [1.807, 2.05) is 0 Å². The number of nitrogens with zero attached hydrogens (tertiary/aromatic N) is 3. The SMILES string of the molecule is CC(NP(=O)(OC[C@H]1O[C@@](C)(c2ccc3c(N)ncnn23)[C@H](F)[C@@H]1O)Oc1ccccc1)C(=O)O. The molecule has 14 heteroatoms. The number of nitrogens with one attached hydrogen (secondary N) is 1. The fourth-order valence-corrected chi connectivity index (χ4v) is 5.31. The maximum Gasteiger partial charge on any atom is 0.459 e. The number of para-hydroxylation sites is 1. The van der Waals surface area contributed by atoms with E-state index < -0.39 is 50.3 Å². The minimum absolute atomic E-state index is 0.152. The molecule has 5 N–H and O–H groups in total. The number of aliphatic hydroxyl groups excluding tert-OH is 1. The molecule has 3 heterocycles. The third-order valence-corrected chi connectivity index (χ3v) is 7.34. The monoisotopic (exact) mass is 509 g/mol. The summed E-state index contributed by atoms with van der Waals surface area (Å²) < 4.78 is 46.8. The Balaban J connectivity index is 1.55. The van der Waals surface area contributed by atoms with Gasteiger partial charge in [0.05, 0.1) is 12.3 Å². The van der Waals surface area contributed by atoms with Crippen LogP contribution in [-0.2, 0) is 24.2 Å². The number of ether oxygens (including phenoxy) is 1. The van der Waals surface area contributed by atoms with Gasteiger partial charge in [-0.3, -0.25) is 9.32 Å². The van der Waals surface area contributed by atoms with Crippen LogP contribution in [0.2, 0.25) is 0 Å². The number of carboxylic acids is 1. The summed E-state index contributed by atoms with van der Waals surface area (Å²) in [7, 11) is -4.28. The van der Waals surface area contributed by atoms with Gasteiger partial charge in [-0.25, -0.2) is 18.5 Å². The molecule has 0 aliphatic carbocycles. The standard InChI is InChI=1S/C21H25FN5O7P/c1-12(20(29)30)26-35(31,34-13-6-4-3-5-7-13)32-10-15-17(28)18(22)21(2,33-15)16-9-8-14-19(23)24-11-25-27(14)16/h3-9,11-12,15,17-18,28H,10H2,1-2H3,(H,26,31)(H,29,30)(H2,23,24,25)/t12?,15-,17-,18-,21+,35?/m1/s1. The number of hydrogen-bond acceptors (Lipinski definition) is 9. The van der Waals surface area contributed by atoms with Gasteiger partial charge in [0.1, 0.15) is 41.4 Å². The second kappa shape index (κ2) is 9.51. The molecule has 6 atom stereocenters. The zero-order valence-corrected chi connectivity index (χ0v) is 19.7. The van der Waals surface area contributed by atoms with Crippen LogP contribution in [0.1, 0.15) is 19.5 Å². The Morgan fingerprint density at radius 1 is 1.37 bits per heavy atom. The Kier molecular flexibility index (Phi) is 6.80. The maximum atomic E-state index is 15.4. The highest BCUT2D eigenvalue weighted by Gasteiger charge is 2.55. The Labute approximate surface area is 199 Å². The van der Waals surface area contributed by atoms with Crippen LogP contribution in [0.15, 0.2) is 48.8 Å². The zero-order chi connectivity index (χ0) is 25.4. The van der Waals surface area contributed by atoms with E-state index in [0.29, 0.717) is 5.52 Å². The molecule has 0 spiro atoms. The van der Waals surface area contributed by atoms with Crippen molar-refractivity contribution < 1.29 is 37.7 Å². The molecule has 1 fully saturated rings. The number of aromatic nitrogens is 3. The molecule has 12 nitrogen and oxygen atoms in total. The van der Waals surface area contributed by atoms with Crippen LogP contribution in [0.4, 0.5) is 10.2 Å². The van der Waals surface area contributed by atoms with Gasteiger partial charge in [-0.15, -0.1) is 0 Å². The third kappa shape index (κ3) is 4.86. The van der Waals surface area contributed by atoms with Crippen LogP contribution in [-0.4, -0.2) is 61.8 Å². The second-order valence-corrected chi connectivity index (χ2v) is 9.90. The van der Waals surface area contributed by atoms with Crippen molar-refractivity contribution in [2.24, 2.45) is 0 Å². The summed E-state index contributed by atoms with van der Waals surface area (Å²) in [5, 5.41) is 26.2. The number of benzene rings is 1. The lowest BCUT2D eigenvalue weighted by atomic mass is 9.94. The molecule has 1 aromatic carbocycles. The number of aliphatic hydroxyl groups is 1. The number of fused-ring (bicyclic) bond motifs is 1. The summed E-state index contributed by atoms with van der Waals surface area (Å²) in [6, 6.07) is 9.83. The average molecular weight is 509 g/mol. The van der Waals surface area contributed by atoms with Crippen molar-refractivity contribution in [3.63, 3.8) is 0 Å². The van der Waals surface area contributed by atoms with E-state index in [1.165, 1.54) is 36.8 Å². The second-order valence-electron chi connectivity index (χ2n) is 8.20. The number of rotatable bonds is 9. The Morgan fingerprint density at radius 2 is 2.09 bits per heavy atom. The van der Waals surface area contributed by atoms with Crippen LogP contribution in [0.5, 0.6) is 5.75 Å². The number of carbonyl (C=O) groups is 1. The fourth-order valence-electron chi connectivity index (χ4n) is 3.80. The van der Waals surface area contributed by atoms with Crippen LogP contribution < -0.4 is 15.3 Å². The average Bonchev–Trinajstić information content (AvgIpc) is 3.35. The first kappa shape index (κ1) is 25.0. The van der Waals surface area contributed by atoms with E-state index in [4.69, 9.17) is 19.5 Å². The van der Waals surface area contributed by atoms with Gasteiger partial charge in [-0.05, 0) is 38.1 Å². The van der Waals surface area contributed by atoms with Gasteiger partial charge in [0.15, 0.2) is 12.0 Å². The smallest absolute Gasteiger partial charge is 0.459 e. The predicted octanol–water partition coefficient (Wildman–Crippen LogP) is 1.89. The van der Waals surface area contributed by atoms with E-state index >= 15 is 4.39 Å². The Hall–Kier alpha value is -3.09. The Bertz CT molecular complexity index is 1260. The molecular formula is C21H25FN5O7P. The van der Waals surface area contributed by atoms with Gasteiger partial charge in [0.25, 0.3) is 0 Å². The molecule has 0 amide bonds. The summed E-state index contributed by atoms with van der Waals surface area (Å²) in [6.07, 6.45) is -3.63. The van der Waals surface area contributed by atoms with Crippen molar-refractivity contribution in [2.75, 3.05) is 12.3 Å². The minimum Gasteiger partial charge on any atom is -0.480 e. The first-order chi connectivity index (χ1) is 16.5. The molecule has 3 aromatic rings. The summed E-state index contributed by atoms with van der Waals surface area (Å²) in [5.41, 5.74) is 4.90. The summed E-state index contributed by atoms with van der Waals surface area (Å²) in [6.45, 7) is 2.13. The fraction of sp³-hybridized carbons (Fsp3) is 0.381. The molecule has 1 aliphatic rings. The van der Waals surface area contributed by atoms with Crippen molar-refractivity contribution in [1.82, 2.24) is 19.7 Å². The molecule has 4 rings (SSSR count). The normalized spacial score (nSPS) is 26.9. The van der Waals surface area contributed by atoms with E-state index in [0.717, 1.165) is 0 Å². The van der Waals surface area contributed by atoms with Crippen molar-refractivity contribution in [2.45, 2.75) is 43.9 Å². The number of aliphatic carboxylic acids is 1. The molecule has 2 aromatic heterocycles. The maximum absolute atomic E-state index is 15.4. The van der Waals surface area contributed by atoms with Gasteiger partial charge in [-0.2, -0.15) is 10.2 Å². The van der Waals surface area contributed by atoms with Gasteiger partial charge in [0.2, 0.25) is 0 Å². The van der Waals surface area contributed by atoms with Gasteiger partial charge in [-0.1, -0.05) is 18.2 Å². The number of anilines is 1. The van der Waals surface area contributed by atoms with Gasteiger partial charge >= 0.3 is 13.7 Å². The highest BCUT2D eigenvalue weighted by Crippen LogP contribution is 2.47. The van der Waals surface area contributed by atoms with Crippen LogP contribution in [0.25, 0.3) is 5.52 Å². The van der Waals surface area contributed by atoms with Gasteiger partial charge < -0.3 is 25.2 Å². The lowest BCUT2D eigenvalue weighted by Crippen LogP contribution is -2.37. The van der Waals surface area contributed by atoms with Crippen LogP contribution in [0.3, 0.4) is 0 Å². The van der Waals surface area contributed by atoms with Crippen LogP contribution >= 0.6 is 7.75 Å². The largest absolute Gasteiger partial charge is 0.480 e. The number of nitrogen functional groups attached to an aromatic ring is 1. The number of hydrogen-bond donors (Lipinski definition) is 4. The van der Waals surface area contributed by atoms with E-state index in [1.54, 1.807) is 30.3 Å². The minimum atomic E-state index is -4.28. The highest BCUT2D eigenvalue weighted by molar-refractivity contribution is 7.52. The topological polar surface area (TPSA) is 171 Å². The van der Waals surface area contributed by atoms with E-state index in [-0.39, 0.29) is 17.3 Å². The lowest BCUT2D eigenvalue weighted by Gasteiger charge is -2.26. The molecular weight excluding hydrogens is 484 g/mol. The first-order valence-electron chi connectivity index (χ1n) is 10.6. The predicted molar refractivity (Wildman–Crippen MR) is 121 cm³/mol. The molecule has 0 bridgehead atoms. The van der Waals surface area contributed by atoms with Gasteiger partial charge in [0, 0.05) is 0 Å². The summed E-state index contributed by atoms with van der Waals surface area (Å²) in [5.74, 6) is -0.958. The van der Waals surface area contributed by atoms with Crippen molar-refractivity contribution in [1.29, 1.82) is 0 Å². The number of carboxylic acid groups (broad SMARTS) is 1. The molecule has 0 radical (unpaired) electrons. The van der Waals surface area contributed by atoms with E-state index in [2.05, 4.69) is 15.2 Å². The summed E-state index contributed by atoms with van der Waals surface area (Å²) >= 11 is 0. The number of nitrogens with two attached hydrogens (primary N) is 1. The molecule has 0 saturated carbocycles. The zero-order valence-electron chi connectivity index (χ0n) is 18.8. The molecule has 2 unspecified atom stereocenters. The Morgan fingerprint density at radius 3 is 2.77 bits per heavy atom. The molecule has 188 valence electrons. The molecule has 1 saturated heterocycles. The van der Waals surface area contributed by atoms with Crippen molar-refractivity contribution in [3.05, 3.63) is 54.5 Å². The molecule has 35 heavy (non-hydrogen) atoms. The first-order valence-corrected chi connectivity index (χ1v) is 12.2.